The Morgan fingerprint density at radius 2 is 2.00 bits per heavy atom. The third kappa shape index (κ3) is 3.48. The van der Waals surface area contributed by atoms with Gasteiger partial charge in [-0.3, -0.25) is 0 Å². The van der Waals surface area contributed by atoms with Crippen LogP contribution in [0.25, 0.3) is 10.9 Å². The predicted octanol–water partition coefficient (Wildman–Crippen LogP) is 3.36. The Morgan fingerprint density at radius 3 is 2.70 bits per heavy atom. The standard InChI is InChI=1S/C22H30N2O3/c25-22(9-2-10-22)16-23-11-5-18(6-12-23)27-21-4-1-3-20-19(21)7-13-24(20)17-8-14-26-15-17/h1,3-4,7,13,17-18,25H,2,5-6,8-12,14-16H2. The minimum absolute atomic E-state index is 0.265. The SMILES string of the molecule is OC1(CN2CCC(Oc3cccc4c3ccn4C3CCOC3)CC2)CCC1. The molecule has 5 heteroatoms. The molecule has 1 aromatic carbocycles. The molecule has 1 aliphatic carbocycles. The van der Waals surface area contributed by atoms with Gasteiger partial charge < -0.3 is 24.0 Å². The van der Waals surface area contributed by atoms with Crippen molar-refractivity contribution in [3.05, 3.63) is 30.5 Å². The molecular weight excluding hydrogens is 340 g/mol. The monoisotopic (exact) mass is 370 g/mol. The number of ether oxygens (including phenoxy) is 2. The van der Waals surface area contributed by atoms with Crippen molar-refractivity contribution in [3.63, 3.8) is 0 Å². The number of hydrogen-bond acceptors (Lipinski definition) is 4. The first-order valence-corrected chi connectivity index (χ1v) is 10.5. The van der Waals surface area contributed by atoms with Gasteiger partial charge in [0.15, 0.2) is 0 Å². The van der Waals surface area contributed by atoms with E-state index in [2.05, 4.69) is 39.9 Å². The molecule has 3 aliphatic rings. The Morgan fingerprint density at radius 1 is 1.15 bits per heavy atom. The van der Waals surface area contributed by atoms with Crippen molar-refractivity contribution >= 4 is 10.9 Å². The molecule has 5 rings (SSSR count). The van der Waals surface area contributed by atoms with Crippen LogP contribution in [0.4, 0.5) is 0 Å². The zero-order valence-corrected chi connectivity index (χ0v) is 16.0. The molecule has 146 valence electrons. The van der Waals surface area contributed by atoms with E-state index >= 15 is 0 Å². The van der Waals surface area contributed by atoms with E-state index < -0.39 is 5.60 Å². The summed E-state index contributed by atoms with van der Waals surface area (Å²) in [6, 6.07) is 9.01. The molecule has 2 aromatic rings. The summed E-state index contributed by atoms with van der Waals surface area (Å²) in [5.74, 6) is 1.00. The number of aromatic nitrogens is 1. The molecule has 5 nitrogen and oxygen atoms in total. The third-order valence-electron chi connectivity index (χ3n) is 6.65. The number of nitrogens with zero attached hydrogens (tertiary/aromatic N) is 2. The van der Waals surface area contributed by atoms with Gasteiger partial charge in [-0.05, 0) is 56.7 Å². The van der Waals surface area contributed by atoms with Gasteiger partial charge in [-0.1, -0.05) is 6.07 Å². The van der Waals surface area contributed by atoms with Crippen LogP contribution in [-0.2, 0) is 4.74 Å². The topological polar surface area (TPSA) is 46.9 Å². The largest absolute Gasteiger partial charge is 0.490 e. The summed E-state index contributed by atoms with van der Waals surface area (Å²) in [5.41, 5.74) is 0.833. The van der Waals surface area contributed by atoms with Crippen LogP contribution >= 0.6 is 0 Å². The summed E-state index contributed by atoms with van der Waals surface area (Å²) in [5, 5.41) is 11.6. The molecule has 2 aliphatic heterocycles. The van der Waals surface area contributed by atoms with Gasteiger partial charge in [-0.15, -0.1) is 0 Å². The molecule has 1 saturated carbocycles. The van der Waals surface area contributed by atoms with Gasteiger partial charge in [-0.25, -0.2) is 0 Å². The highest BCUT2D eigenvalue weighted by Gasteiger charge is 2.37. The molecular formula is C22H30N2O3. The van der Waals surface area contributed by atoms with Crippen molar-refractivity contribution < 1.29 is 14.6 Å². The maximum Gasteiger partial charge on any atom is 0.129 e. The van der Waals surface area contributed by atoms with E-state index in [1.807, 2.05) is 0 Å². The van der Waals surface area contributed by atoms with E-state index in [1.165, 1.54) is 17.3 Å². The minimum Gasteiger partial charge on any atom is -0.490 e. The van der Waals surface area contributed by atoms with Crippen molar-refractivity contribution in [2.75, 3.05) is 32.8 Å². The lowest BCUT2D eigenvalue weighted by molar-refractivity contribution is -0.0661. The van der Waals surface area contributed by atoms with Gasteiger partial charge in [0.2, 0.25) is 0 Å². The van der Waals surface area contributed by atoms with Crippen LogP contribution in [-0.4, -0.2) is 59.1 Å². The summed E-state index contributed by atoms with van der Waals surface area (Å²) in [7, 11) is 0. The van der Waals surface area contributed by atoms with Gasteiger partial charge in [-0.2, -0.15) is 0 Å². The van der Waals surface area contributed by atoms with Gasteiger partial charge >= 0.3 is 0 Å². The molecule has 1 atom stereocenters. The van der Waals surface area contributed by atoms with Crippen LogP contribution in [0.3, 0.4) is 0 Å². The number of piperidine rings is 1. The fourth-order valence-electron chi connectivity index (χ4n) is 4.85. The molecule has 0 bridgehead atoms. The van der Waals surface area contributed by atoms with E-state index in [0.717, 1.165) is 70.7 Å². The van der Waals surface area contributed by atoms with Crippen LogP contribution in [0.15, 0.2) is 30.5 Å². The minimum atomic E-state index is -0.411. The molecule has 3 fully saturated rings. The van der Waals surface area contributed by atoms with E-state index in [0.29, 0.717) is 6.04 Å². The summed E-state index contributed by atoms with van der Waals surface area (Å²) in [6.07, 6.45) is 8.70. The lowest BCUT2D eigenvalue weighted by Gasteiger charge is -2.42. The van der Waals surface area contributed by atoms with Crippen molar-refractivity contribution in [1.82, 2.24) is 9.47 Å². The molecule has 0 radical (unpaired) electrons. The third-order valence-corrected chi connectivity index (χ3v) is 6.65. The number of hydrogen-bond donors (Lipinski definition) is 1. The van der Waals surface area contributed by atoms with Crippen LogP contribution in [0.5, 0.6) is 5.75 Å². The van der Waals surface area contributed by atoms with Crippen molar-refractivity contribution in [1.29, 1.82) is 0 Å². The van der Waals surface area contributed by atoms with Crippen molar-refractivity contribution in [2.45, 2.75) is 56.3 Å². The van der Waals surface area contributed by atoms with Crippen LogP contribution in [0.1, 0.15) is 44.6 Å². The number of aliphatic hydroxyl groups is 1. The summed E-state index contributed by atoms with van der Waals surface area (Å²) in [6.45, 7) is 4.53. The van der Waals surface area contributed by atoms with E-state index in [1.54, 1.807) is 0 Å². The van der Waals surface area contributed by atoms with Crippen LogP contribution in [0, 0.1) is 0 Å². The zero-order valence-electron chi connectivity index (χ0n) is 16.0. The maximum atomic E-state index is 10.4. The molecule has 0 spiro atoms. The number of rotatable bonds is 5. The first-order valence-electron chi connectivity index (χ1n) is 10.5. The first-order chi connectivity index (χ1) is 13.2. The van der Waals surface area contributed by atoms with Gasteiger partial charge in [0, 0.05) is 37.8 Å². The Kier molecular flexibility index (Phi) is 4.62. The summed E-state index contributed by atoms with van der Waals surface area (Å²) < 4.78 is 14.3. The Hall–Kier alpha value is -1.56. The molecule has 1 unspecified atom stereocenters. The highest BCUT2D eigenvalue weighted by atomic mass is 16.5. The first kappa shape index (κ1) is 17.5. The Labute approximate surface area is 160 Å². The fraction of sp³-hybridized carbons (Fsp3) is 0.636. The normalized spacial score (nSPS) is 26.3. The number of benzene rings is 1. The average molecular weight is 370 g/mol. The molecule has 27 heavy (non-hydrogen) atoms. The highest BCUT2D eigenvalue weighted by Crippen LogP contribution is 2.34. The molecule has 1 aromatic heterocycles. The zero-order chi connectivity index (χ0) is 18.3. The van der Waals surface area contributed by atoms with Gasteiger partial charge in [0.25, 0.3) is 0 Å². The van der Waals surface area contributed by atoms with E-state index in [9.17, 15) is 5.11 Å². The Balaban J connectivity index is 1.24. The van der Waals surface area contributed by atoms with Gasteiger partial charge in [0.1, 0.15) is 11.9 Å². The van der Waals surface area contributed by atoms with E-state index in [-0.39, 0.29) is 6.10 Å². The van der Waals surface area contributed by atoms with Crippen molar-refractivity contribution in [2.24, 2.45) is 0 Å². The maximum absolute atomic E-state index is 10.4. The van der Waals surface area contributed by atoms with Gasteiger partial charge in [0.05, 0.1) is 23.8 Å². The number of β-amino-alcohol motifs (C(OH)–C–C–N with tert-alkyl or cyclic N) is 1. The molecule has 1 N–H and O–H groups in total. The highest BCUT2D eigenvalue weighted by molar-refractivity contribution is 5.86. The smallest absolute Gasteiger partial charge is 0.129 e. The quantitative estimate of drug-likeness (QED) is 0.877. The van der Waals surface area contributed by atoms with Crippen molar-refractivity contribution in [3.8, 4) is 5.75 Å². The Bertz CT molecular complexity index is 784. The number of fused-ring (bicyclic) bond motifs is 1. The lowest BCUT2D eigenvalue weighted by Crippen LogP contribution is -2.50. The van der Waals surface area contributed by atoms with Crippen LogP contribution < -0.4 is 4.74 Å². The lowest BCUT2D eigenvalue weighted by atomic mass is 9.79. The number of likely N-dealkylation sites (tertiary alicyclic amines) is 1. The average Bonchev–Trinajstić information content (AvgIpc) is 3.31. The molecule has 2 saturated heterocycles. The summed E-state index contributed by atoms with van der Waals surface area (Å²) in [4.78, 5) is 2.41. The molecule has 0 amide bonds. The predicted molar refractivity (Wildman–Crippen MR) is 105 cm³/mol. The van der Waals surface area contributed by atoms with E-state index in [4.69, 9.17) is 9.47 Å². The fourth-order valence-corrected chi connectivity index (χ4v) is 4.85. The summed E-state index contributed by atoms with van der Waals surface area (Å²) >= 11 is 0. The second-order valence-electron chi connectivity index (χ2n) is 8.60. The van der Waals surface area contributed by atoms with Crippen LogP contribution in [0.2, 0.25) is 0 Å². The second kappa shape index (κ2) is 7.12. The second-order valence-corrected chi connectivity index (χ2v) is 8.60. The molecule has 3 heterocycles.